The minimum atomic E-state index is -0.346. The Morgan fingerprint density at radius 1 is 1.06 bits per heavy atom. The lowest BCUT2D eigenvalue weighted by atomic mass is 9.91. The zero-order valence-corrected chi connectivity index (χ0v) is 18.4. The maximum absolute atomic E-state index is 14.1. The predicted octanol–water partition coefficient (Wildman–Crippen LogP) is 3.26. The third-order valence-electron chi connectivity index (χ3n) is 6.71. The van der Waals surface area contributed by atoms with Gasteiger partial charge in [-0.05, 0) is 49.1 Å². The Labute approximate surface area is 191 Å². The van der Waals surface area contributed by atoms with Gasteiger partial charge in [0.15, 0.2) is 5.82 Å². The molecule has 2 fully saturated rings. The standard InChI is InChI=1S/C25H27FN4O3/c26-18-5-6-21-20(15-18)25(28-24(27-21)19-3-1-2-4-23(19)32)30-11-9-29(10-12-30)22(16-31)17-7-13-33-14-8-17/h1-6,15-17,22,32H,7-14H2. The van der Waals surface area contributed by atoms with E-state index in [2.05, 4.69) is 14.8 Å². The van der Waals surface area contributed by atoms with Crippen molar-refractivity contribution < 1.29 is 19.0 Å². The highest BCUT2D eigenvalue weighted by Crippen LogP contribution is 2.32. The largest absolute Gasteiger partial charge is 0.507 e. The molecule has 5 rings (SSSR count). The Morgan fingerprint density at radius 3 is 2.55 bits per heavy atom. The number of aromatic hydroxyl groups is 1. The summed E-state index contributed by atoms with van der Waals surface area (Å²) < 4.78 is 19.6. The van der Waals surface area contributed by atoms with Crippen LogP contribution in [-0.2, 0) is 9.53 Å². The number of hydrogen-bond donors (Lipinski definition) is 1. The van der Waals surface area contributed by atoms with Crippen molar-refractivity contribution in [2.45, 2.75) is 18.9 Å². The summed E-state index contributed by atoms with van der Waals surface area (Å²) in [6.07, 6.45) is 2.89. The van der Waals surface area contributed by atoms with E-state index in [1.807, 2.05) is 6.07 Å². The zero-order chi connectivity index (χ0) is 22.8. The number of hydrogen-bond acceptors (Lipinski definition) is 7. The van der Waals surface area contributed by atoms with Gasteiger partial charge < -0.3 is 19.5 Å². The third-order valence-corrected chi connectivity index (χ3v) is 6.71. The van der Waals surface area contributed by atoms with E-state index in [0.717, 1.165) is 19.1 Å². The maximum atomic E-state index is 14.1. The van der Waals surface area contributed by atoms with Crippen molar-refractivity contribution >= 4 is 23.0 Å². The highest BCUT2D eigenvalue weighted by molar-refractivity contribution is 5.91. The molecule has 1 N–H and O–H groups in total. The van der Waals surface area contributed by atoms with Crippen LogP contribution in [0.5, 0.6) is 5.75 Å². The summed E-state index contributed by atoms with van der Waals surface area (Å²) in [5.41, 5.74) is 1.15. The van der Waals surface area contributed by atoms with E-state index >= 15 is 0 Å². The number of halogens is 1. The van der Waals surface area contributed by atoms with E-state index in [1.54, 1.807) is 24.3 Å². The molecule has 7 nitrogen and oxygen atoms in total. The molecule has 0 aliphatic carbocycles. The molecule has 0 radical (unpaired) electrons. The number of benzene rings is 2. The Kier molecular flexibility index (Phi) is 6.20. The van der Waals surface area contributed by atoms with Crippen molar-refractivity contribution in [2.24, 2.45) is 5.92 Å². The number of nitrogens with zero attached hydrogens (tertiary/aromatic N) is 4. The number of phenols is 1. The molecule has 1 aromatic heterocycles. The van der Waals surface area contributed by atoms with Crippen LogP contribution in [0.2, 0.25) is 0 Å². The summed E-state index contributed by atoms with van der Waals surface area (Å²) in [4.78, 5) is 25.6. The Balaban J connectivity index is 1.44. The van der Waals surface area contributed by atoms with Crippen LogP contribution in [0.1, 0.15) is 12.8 Å². The molecule has 33 heavy (non-hydrogen) atoms. The molecule has 0 saturated carbocycles. The van der Waals surface area contributed by atoms with E-state index in [1.165, 1.54) is 12.1 Å². The van der Waals surface area contributed by atoms with Crippen molar-refractivity contribution in [1.82, 2.24) is 14.9 Å². The molecular formula is C25H27FN4O3. The van der Waals surface area contributed by atoms with Gasteiger partial charge in [0.2, 0.25) is 0 Å². The van der Waals surface area contributed by atoms with Crippen LogP contribution in [0.3, 0.4) is 0 Å². The number of ether oxygens (including phenoxy) is 1. The lowest BCUT2D eigenvalue weighted by Crippen LogP contribution is -2.53. The minimum Gasteiger partial charge on any atom is -0.507 e. The number of para-hydroxylation sites is 1. The van der Waals surface area contributed by atoms with E-state index in [9.17, 15) is 14.3 Å². The number of aromatic nitrogens is 2. The molecule has 8 heteroatoms. The van der Waals surface area contributed by atoms with Gasteiger partial charge in [-0.25, -0.2) is 14.4 Å². The quantitative estimate of drug-likeness (QED) is 0.598. The monoisotopic (exact) mass is 450 g/mol. The number of fused-ring (bicyclic) bond motifs is 1. The topological polar surface area (TPSA) is 78.8 Å². The Hall–Kier alpha value is -3.10. The van der Waals surface area contributed by atoms with Gasteiger partial charge in [-0.15, -0.1) is 0 Å². The second-order valence-electron chi connectivity index (χ2n) is 8.65. The molecule has 2 aliphatic heterocycles. The van der Waals surface area contributed by atoms with E-state index < -0.39 is 0 Å². The normalized spacial score (nSPS) is 19.0. The van der Waals surface area contributed by atoms with Gasteiger partial charge in [-0.1, -0.05) is 12.1 Å². The van der Waals surface area contributed by atoms with Crippen LogP contribution < -0.4 is 4.90 Å². The van der Waals surface area contributed by atoms with Gasteiger partial charge in [0.1, 0.15) is 23.7 Å². The predicted molar refractivity (Wildman–Crippen MR) is 124 cm³/mol. The molecule has 3 aromatic rings. The number of phenolic OH excluding ortho intramolecular Hbond substituents is 1. The average molecular weight is 451 g/mol. The zero-order valence-electron chi connectivity index (χ0n) is 18.4. The Morgan fingerprint density at radius 2 is 1.82 bits per heavy atom. The molecule has 0 amide bonds. The Bertz CT molecular complexity index is 1140. The summed E-state index contributed by atoms with van der Waals surface area (Å²) in [5.74, 6) is 1.12. The highest BCUT2D eigenvalue weighted by Gasteiger charge is 2.32. The molecule has 0 bridgehead atoms. The minimum absolute atomic E-state index is 0.0972. The number of rotatable bonds is 5. The van der Waals surface area contributed by atoms with Crippen molar-refractivity contribution in [3.05, 3.63) is 48.3 Å². The van der Waals surface area contributed by atoms with E-state index in [-0.39, 0.29) is 17.6 Å². The first-order chi connectivity index (χ1) is 16.1. The second kappa shape index (κ2) is 9.41. The fourth-order valence-electron chi connectivity index (χ4n) is 4.89. The fourth-order valence-corrected chi connectivity index (χ4v) is 4.89. The molecule has 2 aromatic carbocycles. The van der Waals surface area contributed by atoms with Crippen molar-refractivity contribution in [3.63, 3.8) is 0 Å². The van der Waals surface area contributed by atoms with E-state index in [4.69, 9.17) is 9.72 Å². The molecule has 1 atom stereocenters. The molecule has 3 heterocycles. The van der Waals surface area contributed by atoms with E-state index in [0.29, 0.717) is 73.4 Å². The fraction of sp³-hybridized carbons (Fsp3) is 0.400. The van der Waals surface area contributed by atoms with Crippen LogP contribution in [0, 0.1) is 11.7 Å². The van der Waals surface area contributed by atoms with Gasteiger partial charge in [0.25, 0.3) is 0 Å². The van der Waals surface area contributed by atoms with Gasteiger partial charge in [-0.2, -0.15) is 0 Å². The third kappa shape index (κ3) is 4.41. The SMILES string of the molecule is O=CC(C1CCOCC1)N1CCN(c2nc(-c3ccccc3O)nc3ccc(F)cc23)CC1. The summed E-state index contributed by atoms with van der Waals surface area (Å²) >= 11 is 0. The summed E-state index contributed by atoms with van der Waals surface area (Å²) in [7, 11) is 0. The van der Waals surface area contributed by atoms with Gasteiger partial charge >= 0.3 is 0 Å². The number of aldehydes is 1. The van der Waals surface area contributed by atoms with Gasteiger partial charge in [-0.3, -0.25) is 4.90 Å². The van der Waals surface area contributed by atoms with Crippen molar-refractivity contribution in [1.29, 1.82) is 0 Å². The number of anilines is 1. The van der Waals surface area contributed by atoms with Crippen LogP contribution in [0.15, 0.2) is 42.5 Å². The molecule has 0 spiro atoms. The van der Waals surface area contributed by atoms with Crippen molar-refractivity contribution in [2.75, 3.05) is 44.3 Å². The highest BCUT2D eigenvalue weighted by atomic mass is 19.1. The van der Waals surface area contributed by atoms with Crippen LogP contribution >= 0.6 is 0 Å². The molecule has 172 valence electrons. The molecule has 1 unspecified atom stereocenters. The van der Waals surface area contributed by atoms with Gasteiger partial charge in [0.05, 0.1) is 17.1 Å². The average Bonchev–Trinajstić information content (AvgIpc) is 2.85. The van der Waals surface area contributed by atoms with Crippen LogP contribution in [0.25, 0.3) is 22.3 Å². The van der Waals surface area contributed by atoms with Gasteiger partial charge in [0, 0.05) is 44.8 Å². The van der Waals surface area contributed by atoms with Crippen LogP contribution in [-0.4, -0.2) is 71.7 Å². The lowest BCUT2D eigenvalue weighted by molar-refractivity contribution is -0.115. The molecule has 2 aliphatic rings. The summed E-state index contributed by atoms with van der Waals surface area (Å²) in [5, 5.41) is 11.0. The lowest BCUT2D eigenvalue weighted by Gasteiger charge is -2.41. The maximum Gasteiger partial charge on any atom is 0.165 e. The number of piperazine rings is 1. The first-order valence-electron chi connectivity index (χ1n) is 11.4. The smallest absolute Gasteiger partial charge is 0.165 e. The summed E-state index contributed by atoms with van der Waals surface area (Å²) in [6, 6.07) is 11.3. The molecule has 2 saturated heterocycles. The first-order valence-corrected chi connectivity index (χ1v) is 11.4. The summed E-state index contributed by atoms with van der Waals surface area (Å²) in [6.45, 7) is 4.18. The second-order valence-corrected chi connectivity index (χ2v) is 8.65. The number of carbonyl (C=O) groups is 1. The first kappa shape index (κ1) is 21.7. The number of carbonyl (C=O) groups excluding carboxylic acids is 1. The molecular weight excluding hydrogens is 423 g/mol. The van der Waals surface area contributed by atoms with Crippen molar-refractivity contribution in [3.8, 4) is 17.1 Å². The van der Waals surface area contributed by atoms with Crippen LogP contribution in [0.4, 0.5) is 10.2 Å².